The van der Waals surface area contributed by atoms with Gasteiger partial charge in [0, 0.05) is 38.4 Å². The van der Waals surface area contributed by atoms with Gasteiger partial charge >= 0.3 is 0 Å². The largest absolute Gasteiger partial charge is 0.491 e. The molecule has 2 aliphatic heterocycles. The van der Waals surface area contributed by atoms with Crippen molar-refractivity contribution < 1.29 is 33.3 Å². The number of likely N-dealkylation sites (tertiary alicyclic amines) is 1. The quantitative estimate of drug-likeness (QED) is 0.585. The summed E-state index contributed by atoms with van der Waals surface area (Å²) in [5, 5.41) is 3.05. The first-order valence-corrected chi connectivity index (χ1v) is 13.8. The molecule has 2 heterocycles. The zero-order valence-corrected chi connectivity index (χ0v) is 23.7. The fourth-order valence-corrected chi connectivity index (χ4v) is 4.91. The Labute approximate surface area is 235 Å². The highest BCUT2D eigenvalue weighted by atomic mass is 16.5. The Morgan fingerprint density at radius 1 is 1.15 bits per heavy atom. The smallest absolute Gasteiger partial charge is 0.254 e. The molecule has 10 heteroatoms. The first kappa shape index (κ1) is 29.4. The number of amides is 3. The number of likely N-dealkylation sites (N-methyl/N-ethyl adjacent to an activating group) is 1. The Hall–Kier alpha value is -3.63. The highest BCUT2D eigenvalue weighted by molar-refractivity contribution is 5.97. The van der Waals surface area contributed by atoms with Crippen molar-refractivity contribution in [1.29, 1.82) is 0 Å². The van der Waals surface area contributed by atoms with E-state index in [0.717, 1.165) is 5.56 Å². The van der Waals surface area contributed by atoms with Gasteiger partial charge in [-0.2, -0.15) is 0 Å². The first-order chi connectivity index (χ1) is 19.2. The van der Waals surface area contributed by atoms with Crippen molar-refractivity contribution in [2.45, 2.75) is 58.5 Å². The number of benzene rings is 2. The highest BCUT2D eigenvalue weighted by Crippen LogP contribution is 2.30. The van der Waals surface area contributed by atoms with Crippen LogP contribution in [0.2, 0.25) is 0 Å². The SMILES string of the molecule is CCN1CC(=O)N[C@H]2CN(C(=O)CCOC)CC[C@@H]2OCc2cccc(c2)Oc2cc(OC(C)C)cc(c2)C1=O. The van der Waals surface area contributed by atoms with Crippen LogP contribution in [0.3, 0.4) is 0 Å². The minimum absolute atomic E-state index is 0.0313. The number of carbonyl (C=O) groups excluding carboxylic acids is 3. The summed E-state index contributed by atoms with van der Waals surface area (Å²) < 4.78 is 23.4. The Morgan fingerprint density at radius 2 is 1.98 bits per heavy atom. The summed E-state index contributed by atoms with van der Waals surface area (Å²) in [5.41, 5.74) is 1.26. The minimum Gasteiger partial charge on any atom is -0.491 e. The van der Waals surface area contributed by atoms with Gasteiger partial charge in [-0.3, -0.25) is 14.4 Å². The normalized spacial score (nSPS) is 20.0. The Bertz CT molecular complexity index is 1200. The third-order valence-corrected chi connectivity index (χ3v) is 6.87. The maximum absolute atomic E-state index is 13.6. The highest BCUT2D eigenvalue weighted by Gasteiger charge is 2.34. The van der Waals surface area contributed by atoms with Gasteiger partial charge in [0.1, 0.15) is 17.2 Å². The third-order valence-electron chi connectivity index (χ3n) is 6.87. The molecular weight excluding hydrogens is 514 g/mol. The van der Waals surface area contributed by atoms with Gasteiger partial charge in [0.2, 0.25) is 11.8 Å². The summed E-state index contributed by atoms with van der Waals surface area (Å²) in [6.45, 7) is 7.32. The zero-order chi connectivity index (χ0) is 28.6. The summed E-state index contributed by atoms with van der Waals surface area (Å²) >= 11 is 0. The van der Waals surface area contributed by atoms with Gasteiger partial charge in [-0.05, 0) is 57.0 Å². The fraction of sp³-hybridized carbons (Fsp3) is 0.500. The van der Waals surface area contributed by atoms with Crippen LogP contribution in [0.5, 0.6) is 17.2 Å². The lowest BCUT2D eigenvalue weighted by Crippen LogP contribution is -2.58. The van der Waals surface area contributed by atoms with E-state index in [1.807, 2.05) is 45.0 Å². The van der Waals surface area contributed by atoms with Gasteiger partial charge in [0.25, 0.3) is 5.91 Å². The molecule has 10 nitrogen and oxygen atoms in total. The maximum Gasteiger partial charge on any atom is 0.254 e. The van der Waals surface area contributed by atoms with E-state index in [9.17, 15) is 14.4 Å². The van der Waals surface area contributed by atoms with Crippen LogP contribution in [-0.4, -0.2) is 85.7 Å². The standard InChI is InChI=1S/C30H39N3O7/c1-5-32-18-28(34)31-26-17-33(29(35)10-12-37-4)11-9-27(26)38-19-21-7-6-8-23(13-21)40-25-15-22(30(32)36)14-24(16-25)39-20(2)3/h6-8,13-16,20,26-27H,5,9-12,17-19H2,1-4H3,(H,31,34)/t26-,27-/m0/s1. The van der Waals surface area contributed by atoms with Crippen molar-refractivity contribution in [1.82, 2.24) is 15.1 Å². The molecule has 216 valence electrons. The zero-order valence-electron chi connectivity index (χ0n) is 23.7. The third kappa shape index (κ3) is 7.73. The lowest BCUT2D eigenvalue weighted by atomic mass is 10.0. The summed E-state index contributed by atoms with van der Waals surface area (Å²) in [7, 11) is 1.56. The number of nitrogens with one attached hydrogen (secondary N) is 1. The number of ether oxygens (including phenoxy) is 4. The molecule has 4 bridgehead atoms. The molecule has 0 saturated carbocycles. The Balaban J connectivity index is 1.65. The first-order valence-electron chi connectivity index (χ1n) is 13.8. The number of nitrogens with zero attached hydrogens (tertiary/aromatic N) is 2. The van der Waals surface area contributed by atoms with Gasteiger partial charge in [0.05, 0.1) is 44.4 Å². The molecule has 40 heavy (non-hydrogen) atoms. The number of hydrogen-bond acceptors (Lipinski definition) is 7. The molecule has 1 fully saturated rings. The topological polar surface area (TPSA) is 107 Å². The summed E-state index contributed by atoms with van der Waals surface area (Å²) in [6.07, 6.45) is 0.436. The fourth-order valence-electron chi connectivity index (χ4n) is 4.91. The van der Waals surface area contributed by atoms with Crippen molar-refractivity contribution in [3.63, 3.8) is 0 Å². The molecule has 1 saturated heterocycles. The summed E-state index contributed by atoms with van der Waals surface area (Å²) in [5.74, 6) is 0.892. The van der Waals surface area contributed by atoms with E-state index < -0.39 is 6.04 Å². The maximum atomic E-state index is 13.6. The van der Waals surface area contributed by atoms with Crippen LogP contribution < -0.4 is 14.8 Å². The second-order valence-electron chi connectivity index (χ2n) is 10.3. The second kappa shape index (κ2) is 13.6. The van der Waals surface area contributed by atoms with E-state index in [0.29, 0.717) is 62.1 Å². The molecule has 0 aliphatic carbocycles. The van der Waals surface area contributed by atoms with Crippen molar-refractivity contribution in [2.24, 2.45) is 0 Å². The number of piperidine rings is 1. The Kier molecular flexibility index (Phi) is 10.0. The van der Waals surface area contributed by atoms with E-state index in [4.69, 9.17) is 18.9 Å². The molecule has 4 rings (SSSR count). The second-order valence-corrected chi connectivity index (χ2v) is 10.3. The number of fused-ring (bicyclic) bond motifs is 5. The van der Waals surface area contributed by atoms with Crippen molar-refractivity contribution in [2.75, 3.05) is 39.9 Å². The molecule has 2 aromatic rings. The van der Waals surface area contributed by atoms with E-state index in [1.165, 1.54) is 4.90 Å². The van der Waals surface area contributed by atoms with Crippen molar-refractivity contribution >= 4 is 17.7 Å². The summed E-state index contributed by atoms with van der Waals surface area (Å²) in [4.78, 5) is 42.7. The number of hydrogen-bond donors (Lipinski definition) is 1. The monoisotopic (exact) mass is 553 g/mol. The van der Waals surface area contributed by atoms with Crippen molar-refractivity contribution in [3.8, 4) is 17.2 Å². The van der Waals surface area contributed by atoms with E-state index >= 15 is 0 Å². The molecule has 1 N–H and O–H groups in total. The average molecular weight is 554 g/mol. The molecule has 2 aromatic carbocycles. The molecule has 2 atom stereocenters. The predicted molar refractivity (Wildman–Crippen MR) is 148 cm³/mol. The van der Waals surface area contributed by atoms with Crippen LogP contribution in [-0.2, 0) is 25.7 Å². The van der Waals surface area contributed by atoms with E-state index in [-0.39, 0.29) is 42.9 Å². The number of rotatable bonds is 6. The van der Waals surface area contributed by atoms with Gasteiger partial charge in [-0.1, -0.05) is 12.1 Å². The van der Waals surface area contributed by atoms with Crippen LogP contribution in [0.25, 0.3) is 0 Å². The van der Waals surface area contributed by atoms with Crippen LogP contribution in [0, 0.1) is 0 Å². The molecule has 0 spiro atoms. The number of carbonyl (C=O) groups is 3. The van der Waals surface area contributed by atoms with Gasteiger partial charge in [-0.25, -0.2) is 0 Å². The molecule has 0 aromatic heterocycles. The predicted octanol–water partition coefficient (Wildman–Crippen LogP) is 3.38. The molecule has 0 unspecified atom stereocenters. The minimum atomic E-state index is -0.428. The van der Waals surface area contributed by atoms with Gasteiger partial charge in [-0.15, -0.1) is 0 Å². The molecule has 0 radical (unpaired) electrons. The average Bonchev–Trinajstić information content (AvgIpc) is 2.92. The van der Waals surface area contributed by atoms with E-state index in [2.05, 4.69) is 5.32 Å². The van der Waals surface area contributed by atoms with E-state index in [1.54, 1.807) is 30.2 Å². The van der Waals surface area contributed by atoms with Crippen molar-refractivity contribution in [3.05, 3.63) is 53.6 Å². The molecular formula is C30H39N3O7. The van der Waals surface area contributed by atoms with Crippen LogP contribution in [0.15, 0.2) is 42.5 Å². The lowest BCUT2D eigenvalue weighted by Gasteiger charge is -2.39. The lowest BCUT2D eigenvalue weighted by molar-refractivity contribution is -0.138. The van der Waals surface area contributed by atoms with Gasteiger partial charge < -0.3 is 34.1 Å². The Morgan fingerprint density at radius 3 is 2.73 bits per heavy atom. The summed E-state index contributed by atoms with van der Waals surface area (Å²) in [6, 6.07) is 12.2. The van der Waals surface area contributed by atoms with Crippen LogP contribution in [0.1, 0.15) is 49.5 Å². The number of methoxy groups -OCH3 is 1. The molecule has 2 aliphatic rings. The van der Waals surface area contributed by atoms with Crippen LogP contribution >= 0.6 is 0 Å². The van der Waals surface area contributed by atoms with Gasteiger partial charge in [0.15, 0.2) is 0 Å². The molecule has 3 amide bonds. The van der Waals surface area contributed by atoms with Crippen LogP contribution in [0.4, 0.5) is 0 Å².